The van der Waals surface area contributed by atoms with E-state index in [1.165, 1.54) is 29.7 Å². The Labute approximate surface area is 126 Å². The lowest BCUT2D eigenvalue weighted by Crippen LogP contribution is -2.10. The molecule has 0 saturated heterocycles. The highest BCUT2D eigenvalue weighted by Crippen LogP contribution is 2.21. The number of amides is 1. The minimum absolute atomic E-state index is 0.0664. The van der Waals surface area contributed by atoms with Crippen LogP contribution in [0.4, 0.5) is 5.69 Å². The molecule has 0 saturated carbocycles. The molecule has 0 atom stereocenters. The first kappa shape index (κ1) is 14.3. The third-order valence-corrected chi connectivity index (χ3v) is 4.36. The van der Waals surface area contributed by atoms with Crippen molar-refractivity contribution in [1.29, 1.82) is 0 Å². The predicted molar refractivity (Wildman–Crippen MR) is 85.0 cm³/mol. The molecule has 2 nitrogen and oxygen atoms in total. The van der Waals surface area contributed by atoms with E-state index >= 15 is 0 Å². The number of unbranched alkanes of at least 4 members (excludes halogenated alkanes) is 1. The van der Waals surface area contributed by atoms with Crippen LogP contribution >= 0.6 is 27.3 Å². The number of anilines is 1. The van der Waals surface area contributed by atoms with Gasteiger partial charge in [0.2, 0.25) is 0 Å². The van der Waals surface area contributed by atoms with Crippen molar-refractivity contribution in [2.24, 2.45) is 0 Å². The molecule has 0 unspecified atom stereocenters. The van der Waals surface area contributed by atoms with Crippen molar-refractivity contribution in [2.45, 2.75) is 26.2 Å². The molecule has 0 aliphatic carbocycles. The molecule has 0 radical (unpaired) electrons. The van der Waals surface area contributed by atoms with Crippen molar-refractivity contribution in [3.63, 3.8) is 0 Å². The minimum atomic E-state index is -0.0664. The van der Waals surface area contributed by atoms with Crippen LogP contribution < -0.4 is 5.32 Å². The quantitative estimate of drug-likeness (QED) is 0.807. The lowest BCUT2D eigenvalue weighted by molar-refractivity contribution is 0.102. The number of carbonyl (C=O) groups excluding carboxylic acids is 1. The average Bonchev–Trinajstić information content (AvgIpc) is 2.85. The molecule has 0 aliphatic rings. The van der Waals surface area contributed by atoms with Gasteiger partial charge in [-0.2, -0.15) is 0 Å². The van der Waals surface area contributed by atoms with E-state index < -0.39 is 0 Å². The second kappa shape index (κ2) is 6.87. The van der Waals surface area contributed by atoms with E-state index in [9.17, 15) is 4.79 Å². The Morgan fingerprint density at radius 2 is 2.05 bits per heavy atom. The fourth-order valence-electron chi connectivity index (χ4n) is 1.77. The summed E-state index contributed by atoms with van der Waals surface area (Å²) < 4.78 is 0.965. The first-order valence-electron chi connectivity index (χ1n) is 6.33. The van der Waals surface area contributed by atoms with Crippen molar-refractivity contribution >= 4 is 38.9 Å². The Morgan fingerprint density at radius 1 is 1.32 bits per heavy atom. The summed E-state index contributed by atoms with van der Waals surface area (Å²) in [5.41, 5.74) is 2.85. The SMILES string of the molecule is CCCCc1ccc(NC(=O)c2csc(Br)c2)cc1. The molecule has 1 amide bonds. The number of hydrogen-bond donors (Lipinski definition) is 1. The van der Waals surface area contributed by atoms with Gasteiger partial charge in [0.25, 0.3) is 5.91 Å². The van der Waals surface area contributed by atoms with Gasteiger partial charge in [-0.1, -0.05) is 25.5 Å². The molecule has 1 N–H and O–H groups in total. The van der Waals surface area contributed by atoms with Crippen LogP contribution in [0.2, 0.25) is 0 Å². The standard InChI is InChI=1S/C15H16BrNOS/c1-2-3-4-11-5-7-13(8-6-11)17-15(18)12-9-14(16)19-10-12/h5-10H,2-4H2,1H3,(H,17,18). The molecule has 0 spiro atoms. The van der Waals surface area contributed by atoms with Crippen molar-refractivity contribution < 1.29 is 4.79 Å². The van der Waals surface area contributed by atoms with Crippen molar-refractivity contribution in [3.05, 3.63) is 50.6 Å². The monoisotopic (exact) mass is 337 g/mol. The van der Waals surface area contributed by atoms with Crippen LogP contribution in [-0.4, -0.2) is 5.91 Å². The van der Waals surface area contributed by atoms with Crippen LogP contribution in [0.15, 0.2) is 39.5 Å². The molecule has 0 fully saturated rings. The van der Waals surface area contributed by atoms with Gasteiger partial charge in [-0.05, 0) is 52.5 Å². The Balaban J connectivity index is 1.97. The van der Waals surface area contributed by atoms with Gasteiger partial charge < -0.3 is 5.32 Å². The second-order valence-electron chi connectivity index (χ2n) is 4.39. The first-order valence-corrected chi connectivity index (χ1v) is 8.00. The van der Waals surface area contributed by atoms with Gasteiger partial charge in [-0.3, -0.25) is 4.79 Å². The van der Waals surface area contributed by atoms with Gasteiger partial charge >= 0.3 is 0 Å². The van der Waals surface area contributed by atoms with Crippen LogP contribution in [0, 0.1) is 0 Å². The van der Waals surface area contributed by atoms with E-state index in [0.717, 1.165) is 15.9 Å². The summed E-state index contributed by atoms with van der Waals surface area (Å²) in [6, 6.07) is 9.91. The van der Waals surface area contributed by atoms with E-state index in [2.05, 4.69) is 40.3 Å². The highest BCUT2D eigenvalue weighted by atomic mass is 79.9. The molecular formula is C15H16BrNOS. The highest BCUT2D eigenvalue weighted by molar-refractivity contribution is 9.11. The normalized spacial score (nSPS) is 10.4. The third-order valence-electron chi connectivity index (χ3n) is 2.86. The Bertz CT molecular complexity index is 548. The fraction of sp³-hybridized carbons (Fsp3) is 0.267. The maximum atomic E-state index is 12.0. The number of benzene rings is 1. The molecule has 1 heterocycles. The van der Waals surface area contributed by atoms with Crippen LogP contribution in [0.5, 0.6) is 0 Å². The summed E-state index contributed by atoms with van der Waals surface area (Å²) >= 11 is 4.87. The summed E-state index contributed by atoms with van der Waals surface area (Å²) in [7, 11) is 0. The van der Waals surface area contributed by atoms with Gasteiger partial charge in [0.15, 0.2) is 0 Å². The summed E-state index contributed by atoms with van der Waals surface area (Å²) in [6.45, 7) is 2.19. The lowest BCUT2D eigenvalue weighted by Gasteiger charge is -2.05. The summed E-state index contributed by atoms with van der Waals surface area (Å²) in [5, 5.41) is 4.74. The van der Waals surface area contributed by atoms with Gasteiger partial charge in [0, 0.05) is 11.1 Å². The Morgan fingerprint density at radius 3 is 2.63 bits per heavy atom. The molecular weight excluding hydrogens is 322 g/mol. The van der Waals surface area contributed by atoms with Crippen LogP contribution in [0.1, 0.15) is 35.7 Å². The van der Waals surface area contributed by atoms with E-state index in [0.29, 0.717) is 5.56 Å². The molecule has 0 aliphatic heterocycles. The maximum Gasteiger partial charge on any atom is 0.256 e. The molecule has 1 aromatic carbocycles. The molecule has 1 aromatic heterocycles. The summed E-state index contributed by atoms with van der Waals surface area (Å²) in [4.78, 5) is 12.0. The number of hydrogen-bond acceptors (Lipinski definition) is 2. The van der Waals surface area contributed by atoms with E-state index in [1.54, 1.807) is 0 Å². The molecule has 100 valence electrons. The van der Waals surface area contributed by atoms with Gasteiger partial charge in [0.05, 0.1) is 9.35 Å². The maximum absolute atomic E-state index is 12.0. The van der Waals surface area contributed by atoms with Crippen LogP contribution in [-0.2, 0) is 6.42 Å². The fourth-order valence-corrected chi connectivity index (χ4v) is 2.90. The van der Waals surface area contributed by atoms with Gasteiger partial charge in [-0.25, -0.2) is 0 Å². The van der Waals surface area contributed by atoms with E-state index in [1.807, 2.05) is 23.6 Å². The number of halogens is 1. The number of carbonyl (C=O) groups is 1. The highest BCUT2D eigenvalue weighted by Gasteiger charge is 2.08. The zero-order valence-corrected chi connectivity index (χ0v) is 13.2. The molecule has 19 heavy (non-hydrogen) atoms. The van der Waals surface area contributed by atoms with Crippen LogP contribution in [0.3, 0.4) is 0 Å². The third kappa shape index (κ3) is 4.18. The first-order chi connectivity index (χ1) is 9.19. The number of nitrogens with one attached hydrogen (secondary N) is 1. The minimum Gasteiger partial charge on any atom is -0.322 e. The Hall–Kier alpha value is -1.13. The molecule has 2 aromatic rings. The van der Waals surface area contributed by atoms with Crippen molar-refractivity contribution in [2.75, 3.05) is 5.32 Å². The van der Waals surface area contributed by atoms with Gasteiger partial charge in [0.1, 0.15) is 0 Å². The summed E-state index contributed by atoms with van der Waals surface area (Å²) in [5.74, 6) is -0.0664. The second-order valence-corrected chi connectivity index (χ2v) is 6.68. The topological polar surface area (TPSA) is 29.1 Å². The van der Waals surface area contributed by atoms with Gasteiger partial charge in [-0.15, -0.1) is 11.3 Å². The number of aryl methyl sites for hydroxylation is 1. The average molecular weight is 338 g/mol. The number of thiophene rings is 1. The molecule has 0 bridgehead atoms. The predicted octanol–water partition coefficient (Wildman–Crippen LogP) is 5.11. The van der Waals surface area contributed by atoms with Crippen LogP contribution in [0.25, 0.3) is 0 Å². The zero-order valence-electron chi connectivity index (χ0n) is 10.8. The Kier molecular flexibility index (Phi) is 5.16. The molecule has 4 heteroatoms. The molecule has 2 rings (SSSR count). The van der Waals surface area contributed by atoms with Crippen molar-refractivity contribution in [3.8, 4) is 0 Å². The van der Waals surface area contributed by atoms with Crippen molar-refractivity contribution in [1.82, 2.24) is 0 Å². The lowest BCUT2D eigenvalue weighted by atomic mass is 10.1. The summed E-state index contributed by atoms with van der Waals surface area (Å²) in [6.07, 6.45) is 3.50. The van der Waals surface area contributed by atoms with E-state index in [4.69, 9.17) is 0 Å². The zero-order chi connectivity index (χ0) is 13.7. The van der Waals surface area contributed by atoms with E-state index in [-0.39, 0.29) is 5.91 Å². The largest absolute Gasteiger partial charge is 0.322 e. The smallest absolute Gasteiger partial charge is 0.256 e. The number of rotatable bonds is 5.